The van der Waals surface area contributed by atoms with Gasteiger partial charge in [0.1, 0.15) is 0 Å². The van der Waals surface area contributed by atoms with Crippen LogP contribution in [0.4, 0.5) is 0 Å². The minimum atomic E-state index is -0.413. The molecular formula is C16H20ClN3O2. The van der Waals surface area contributed by atoms with Gasteiger partial charge in [-0.2, -0.15) is 5.10 Å². The second kappa shape index (κ2) is 6.50. The number of aryl methyl sites for hydroxylation is 1. The number of rotatable bonds is 5. The van der Waals surface area contributed by atoms with Crippen molar-refractivity contribution in [3.8, 4) is 5.69 Å². The third-order valence-electron chi connectivity index (χ3n) is 3.42. The number of carbonyl (C=O) groups excluding carboxylic acids is 1. The zero-order valence-electron chi connectivity index (χ0n) is 13.2. The highest BCUT2D eigenvalue weighted by Crippen LogP contribution is 2.16. The normalized spacial score (nSPS) is 11.5. The maximum atomic E-state index is 12.2. The molecule has 0 aliphatic heterocycles. The quantitative estimate of drug-likeness (QED) is 0.921. The molecule has 2 rings (SSSR count). The van der Waals surface area contributed by atoms with Crippen LogP contribution in [0.1, 0.15) is 30.0 Å². The Morgan fingerprint density at radius 2 is 2.00 bits per heavy atom. The van der Waals surface area contributed by atoms with Gasteiger partial charge in [-0.1, -0.05) is 11.6 Å². The van der Waals surface area contributed by atoms with Gasteiger partial charge in [0.2, 0.25) is 0 Å². The summed E-state index contributed by atoms with van der Waals surface area (Å²) in [6.45, 7) is 6.13. The molecule has 22 heavy (non-hydrogen) atoms. The van der Waals surface area contributed by atoms with Crippen molar-refractivity contribution in [2.45, 2.75) is 26.4 Å². The molecule has 0 spiro atoms. The molecule has 0 radical (unpaired) electrons. The Bertz CT molecular complexity index is 663. The van der Waals surface area contributed by atoms with Gasteiger partial charge in [0.05, 0.1) is 11.3 Å². The van der Waals surface area contributed by atoms with E-state index in [1.165, 1.54) is 0 Å². The number of aromatic nitrogens is 2. The first-order valence-electron chi connectivity index (χ1n) is 6.98. The van der Waals surface area contributed by atoms with Crippen molar-refractivity contribution in [3.05, 3.63) is 46.7 Å². The molecule has 1 heterocycles. The van der Waals surface area contributed by atoms with Gasteiger partial charge >= 0.3 is 0 Å². The highest BCUT2D eigenvalue weighted by Gasteiger charge is 2.19. The van der Waals surface area contributed by atoms with Gasteiger partial charge in [0, 0.05) is 24.4 Å². The third kappa shape index (κ3) is 3.87. The first kappa shape index (κ1) is 16.5. The van der Waals surface area contributed by atoms with Crippen molar-refractivity contribution in [1.82, 2.24) is 15.1 Å². The molecule has 118 valence electrons. The fourth-order valence-corrected chi connectivity index (χ4v) is 2.01. The predicted octanol–water partition coefficient (Wildman–Crippen LogP) is 2.99. The number of carbonyl (C=O) groups is 1. The number of hydrogen-bond acceptors (Lipinski definition) is 3. The zero-order chi connectivity index (χ0) is 16.3. The lowest BCUT2D eigenvalue weighted by Gasteiger charge is -2.22. The summed E-state index contributed by atoms with van der Waals surface area (Å²) in [5.74, 6) is -0.221. The highest BCUT2D eigenvalue weighted by molar-refractivity contribution is 6.30. The molecule has 0 fully saturated rings. The average molecular weight is 322 g/mol. The van der Waals surface area contributed by atoms with Crippen molar-refractivity contribution >= 4 is 17.5 Å². The molecule has 0 bridgehead atoms. The summed E-state index contributed by atoms with van der Waals surface area (Å²) in [7, 11) is 1.62. The van der Waals surface area contributed by atoms with Gasteiger partial charge in [-0.05, 0) is 51.1 Å². The number of amides is 1. The molecule has 2 aromatic rings. The zero-order valence-corrected chi connectivity index (χ0v) is 13.9. The van der Waals surface area contributed by atoms with E-state index in [9.17, 15) is 4.79 Å². The van der Waals surface area contributed by atoms with Gasteiger partial charge in [-0.15, -0.1) is 0 Å². The average Bonchev–Trinajstić information content (AvgIpc) is 2.88. The van der Waals surface area contributed by atoms with E-state index in [2.05, 4.69) is 10.4 Å². The molecule has 5 nitrogen and oxygen atoms in total. The first-order valence-corrected chi connectivity index (χ1v) is 7.36. The maximum Gasteiger partial charge on any atom is 0.271 e. The van der Waals surface area contributed by atoms with E-state index in [4.69, 9.17) is 16.3 Å². The smallest absolute Gasteiger partial charge is 0.271 e. The Balaban J connectivity index is 2.15. The standard InChI is InChI=1S/C16H20ClN3O2/c1-11-9-14(15(21)18-10-16(2,3)22-4)19-20(11)13-7-5-12(17)6-8-13/h5-9H,10H2,1-4H3,(H,18,21). The van der Waals surface area contributed by atoms with Gasteiger partial charge < -0.3 is 10.1 Å². The van der Waals surface area contributed by atoms with Crippen LogP contribution in [0.5, 0.6) is 0 Å². The first-order chi connectivity index (χ1) is 10.3. The second-order valence-electron chi connectivity index (χ2n) is 5.71. The molecule has 1 aromatic heterocycles. The van der Waals surface area contributed by atoms with Crippen LogP contribution >= 0.6 is 11.6 Å². The van der Waals surface area contributed by atoms with E-state index < -0.39 is 5.60 Å². The summed E-state index contributed by atoms with van der Waals surface area (Å²) in [5, 5.41) is 7.85. The van der Waals surface area contributed by atoms with Gasteiger partial charge in [-0.3, -0.25) is 4.79 Å². The van der Waals surface area contributed by atoms with Crippen molar-refractivity contribution in [2.75, 3.05) is 13.7 Å². The Morgan fingerprint density at radius 3 is 2.59 bits per heavy atom. The number of halogens is 1. The largest absolute Gasteiger partial charge is 0.377 e. The summed E-state index contributed by atoms with van der Waals surface area (Å²) >= 11 is 5.89. The van der Waals surface area contributed by atoms with Crippen molar-refractivity contribution in [1.29, 1.82) is 0 Å². The number of nitrogens with zero attached hydrogens (tertiary/aromatic N) is 2. The predicted molar refractivity (Wildman–Crippen MR) is 86.7 cm³/mol. The van der Waals surface area contributed by atoms with Crippen LogP contribution in [0.15, 0.2) is 30.3 Å². The molecule has 0 saturated heterocycles. The Morgan fingerprint density at radius 1 is 1.36 bits per heavy atom. The number of methoxy groups -OCH3 is 1. The van der Waals surface area contributed by atoms with Gasteiger partial charge in [-0.25, -0.2) is 4.68 Å². The lowest BCUT2D eigenvalue weighted by molar-refractivity contribution is 0.0228. The van der Waals surface area contributed by atoms with Crippen LogP contribution in [0.3, 0.4) is 0 Å². The lowest BCUT2D eigenvalue weighted by Crippen LogP contribution is -2.39. The molecule has 0 aliphatic rings. The number of hydrogen-bond donors (Lipinski definition) is 1. The second-order valence-corrected chi connectivity index (χ2v) is 6.14. The topological polar surface area (TPSA) is 56.1 Å². The summed E-state index contributed by atoms with van der Waals surface area (Å²) in [6.07, 6.45) is 0. The van der Waals surface area contributed by atoms with E-state index in [1.807, 2.05) is 32.9 Å². The van der Waals surface area contributed by atoms with Gasteiger partial charge in [0.15, 0.2) is 5.69 Å². The minimum Gasteiger partial charge on any atom is -0.377 e. The molecular weight excluding hydrogens is 302 g/mol. The van der Waals surface area contributed by atoms with E-state index in [0.29, 0.717) is 17.3 Å². The van der Waals surface area contributed by atoms with E-state index in [-0.39, 0.29) is 5.91 Å². The van der Waals surface area contributed by atoms with E-state index >= 15 is 0 Å². The molecule has 1 aromatic carbocycles. The molecule has 1 N–H and O–H groups in total. The highest BCUT2D eigenvalue weighted by atomic mass is 35.5. The van der Waals surface area contributed by atoms with E-state index in [0.717, 1.165) is 11.4 Å². The molecule has 0 aliphatic carbocycles. The lowest BCUT2D eigenvalue weighted by atomic mass is 10.1. The van der Waals surface area contributed by atoms with Crippen LogP contribution < -0.4 is 5.32 Å². The number of nitrogens with one attached hydrogen (secondary N) is 1. The summed E-state index contributed by atoms with van der Waals surface area (Å²) in [5.41, 5.74) is 1.69. The number of ether oxygens (including phenoxy) is 1. The Kier molecular flexibility index (Phi) is 4.88. The fraction of sp³-hybridized carbons (Fsp3) is 0.375. The third-order valence-corrected chi connectivity index (χ3v) is 3.67. The number of benzene rings is 1. The molecule has 1 amide bonds. The van der Waals surface area contributed by atoms with Crippen molar-refractivity contribution < 1.29 is 9.53 Å². The summed E-state index contributed by atoms with van der Waals surface area (Å²) in [4.78, 5) is 12.2. The van der Waals surface area contributed by atoms with Crippen LogP contribution in [-0.4, -0.2) is 34.9 Å². The molecule has 0 saturated carbocycles. The Hall–Kier alpha value is -1.85. The van der Waals surface area contributed by atoms with Crippen molar-refractivity contribution in [3.63, 3.8) is 0 Å². The Labute approximate surface area is 135 Å². The molecule has 6 heteroatoms. The SMILES string of the molecule is COC(C)(C)CNC(=O)c1cc(C)n(-c2ccc(Cl)cc2)n1. The summed E-state index contributed by atoms with van der Waals surface area (Å²) < 4.78 is 7.00. The fourth-order valence-electron chi connectivity index (χ4n) is 1.88. The maximum absolute atomic E-state index is 12.2. The van der Waals surface area contributed by atoms with Crippen LogP contribution in [-0.2, 0) is 4.74 Å². The van der Waals surface area contributed by atoms with Crippen LogP contribution in [0.25, 0.3) is 5.69 Å². The summed E-state index contributed by atoms with van der Waals surface area (Å²) in [6, 6.07) is 9.05. The van der Waals surface area contributed by atoms with Crippen LogP contribution in [0.2, 0.25) is 5.02 Å². The molecule has 0 unspecified atom stereocenters. The van der Waals surface area contributed by atoms with Crippen LogP contribution in [0, 0.1) is 6.92 Å². The molecule has 0 atom stereocenters. The van der Waals surface area contributed by atoms with E-state index in [1.54, 1.807) is 30.0 Å². The van der Waals surface area contributed by atoms with Gasteiger partial charge in [0.25, 0.3) is 5.91 Å². The van der Waals surface area contributed by atoms with Crippen molar-refractivity contribution in [2.24, 2.45) is 0 Å². The monoisotopic (exact) mass is 321 g/mol. The minimum absolute atomic E-state index is 0.221.